The van der Waals surface area contributed by atoms with Gasteiger partial charge in [-0.3, -0.25) is 4.79 Å². The number of hydrogen-bond donors (Lipinski definition) is 1. The smallest absolute Gasteiger partial charge is 0.335 e. The van der Waals surface area contributed by atoms with Gasteiger partial charge in [0.1, 0.15) is 0 Å². The SMILES string of the molecule is O=C(O)c1ccc(S(=O)(=O)N2CCC3(CCN(CCc4ccccc4)C3=O)C2)cc1. The Morgan fingerprint density at radius 1 is 1.00 bits per heavy atom. The van der Waals surface area contributed by atoms with Crippen LogP contribution in [0.15, 0.2) is 59.5 Å². The minimum Gasteiger partial charge on any atom is -0.478 e. The molecule has 4 rings (SSSR count). The summed E-state index contributed by atoms with van der Waals surface area (Å²) >= 11 is 0. The van der Waals surface area contributed by atoms with Crippen LogP contribution in [0.2, 0.25) is 0 Å². The topological polar surface area (TPSA) is 95.0 Å². The Bertz CT molecular complexity index is 1050. The molecule has 158 valence electrons. The van der Waals surface area contributed by atoms with Crippen LogP contribution >= 0.6 is 0 Å². The molecule has 2 aliphatic rings. The van der Waals surface area contributed by atoms with Gasteiger partial charge in [0.2, 0.25) is 15.9 Å². The van der Waals surface area contributed by atoms with Crippen molar-refractivity contribution in [3.05, 3.63) is 65.7 Å². The fraction of sp³-hybridized carbons (Fsp3) is 0.364. The normalized spacial score (nSPS) is 22.1. The first kappa shape index (κ1) is 20.6. The summed E-state index contributed by atoms with van der Waals surface area (Å²) in [5.74, 6) is -1.07. The van der Waals surface area contributed by atoms with E-state index in [0.717, 1.165) is 6.42 Å². The highest BCUT2D eigenvalue weighted by Gasteiger charge is 2.52. The monoisotopic (exact) mass is 428 g/mol. The number of benzene rings is 2. The Morgan fingerprint density at radius 3 is 2.33 bits per heavy atom. The number of carboxylic acid groups (broad SMARTS) is 1. The molecule has 7 nitrogen and oxygen atoms in total. The van der Waals surface area contributed by atoms with Crippen molar-refractivity contribution in [1.82, 2.24) is 9.21 Å². The van der Waals surface area contributed by atoms with Gasteiger partial charge < -0.3 is 10.0 Å². The summed E-state index contributed by atoms with van der Waals surface area (Å²) in [5, 5.41) is 9.00. The van der Waals surface area contributed by atoms with Crippen LogP contribution in [0.4, 0.5) is 0 Å². The van der Waals surface area contributed by atoms with Gasteiger partial charge in [-0.1, -0.05) is 30.3 Å². The second kappa shape index (κ2) is 7.85. The summed E-state index contributed by atoms with van der Waals surface area (Å²) < 4.78 is 27.4. The molecule has 0 radical (unpaired) electrons. The fourth-order valence-electron chi connectivity index (χ4n) is 4.35. The summed E-state index contributed by atoms with van der Waals surface area (Å²) in [6.07, 6.45) is 1.95. The van der Waals surface area contributed by atoms with Crippen LogP contribution in [0.1, 0.15) is 28.8 Å². The molecule has 2 saturated heterocycles. The van der Waals surface area contributed by atoms with E-state index in [1.807, 2.05) is 35.2 Å². The van der Waals surface area contributed by atoms with Gasteiger partial charge in [-0.05, 0) is 49.1 Å². The number of likely N-dealkylation sites (tertiary alicyclic amines) is 1. The molecule has 0 aromatic heterocycles. The van der Waals surface area contributed by atoms with Crippen LogP contribution in [-0.4, -0.2) is 60.8 Å². The molecular weight excluding hydrogens is 404 g/mol. The number of sulfonamides is 1. The zero-order valence-electron chi connectivity index (χ0n) is 16.5. The van der Waals surface area contributed by atoms with Crippen molar-refractivity contribution in [2.24, 2.45) is 5.41 Å². The van der Waals surface area contributed by atoms with Gasteiger partial charge in [0.25, 0.3) is 0 Å². The van der Waals surface area contributed by atoms with E-state index in [1.165, 1.54) is 34.1 Å². The van der Waals surface area contributed by atoms with Gasteiger partial charge in [0, 0.05) is 26.2 Å². The van der Waals surface area contributed by atoms with Crippen LogP contribution in [0, 0.1) is 5.41 Å². The molecule has 2 aliphatic heterocycles. The zero-order chi connectivity index (χ0) is 21.4. The molecular formula is C22H24N2O5S. The first-order valence-electron chi connectivity index (χ1n) is 9.99. The highest BCUT2D eigenvalue weighted by atomic mass is 32.2. The predicted molar refractivity (Wildman–Crippen MR) is 111 cm³/mol. The summed E-state index contributed by atoms with van der Waals surface area (Å²) in [6, 6.07) is 15.2. The molecule has 1 amide bonds. The molecule has 0 aliphatic carbocycles. The van der Waals surface area contributed by atoms with E-state index in [4.69, 9.17) is 5.11 Å². The first-order chi connectivity index (χ1) is 14.3. The lowest BCUT2D eigenvalue weighted by molar-refractivity contribution is -0.135. The molecule has 2 fully saturated rings. The van der Waals surface area contributed by atoms with Crippen LogP contribution in [0.25, 0.3) is 0 Å². The van der Waals surface area contributed by atoms with Gasteiger partial charge >= 0.3 is 5.97 Å². The minimum absolute atomic E-state index is 0.0341. The van der Waals surface area contributed by atoms with Crippen molar-refractivity contribution in [2.75, 3.05) is 26.2 Å². The Balaban J connectivity index is 1.44. The van der Waals surface area contributed by atoms with Gasteiger partial charge in [0.15, 0.2) is 0 Å². The van der Waals surface area contributed by atoms with E-state index in [1.54, 1.807) is 0 Å². The Labute approximate surface area is 176 Å². The second-order valence-electron chi connectivity index (χ2n) is 7.98. The maximum Gasteiger partial charge on any atom is 0.335 e. The van der Waals surface area contributed by atoms with Crippen LogP contribution < -0.4 is 0 Å². The van der Waals surface area contributed by atoms with Crippen molar-refractivity contribution in [3.8, 4) is 0 Å². The summed E-state index contributed by atoms with van der Waals surface area (Å²) in [5.41, 5.74) is 0.559. The Hall–Kier alpha value is -2.71. The first-order valence-corrected chi connectivity index (χ1v) is 11.4. The number of carboxylic acids is 1. The number of hydrogen-bond acceptors (Lipinski definition) is 4. The number of nitrogens with zero attached hydrogens (tertiary/aromatic N) is 2. The molecule has 0 saturated carbocycles. The zero-order valence-corrected chi connectivity index (χ0v) is 17.3. The summed E-state index contributed by atoms with van der Waals surface area (Å²) in [7, 11) is -3.77. The summed E-state index contributed by atoms with van der Waals surface area (Å²) in [4.78, 5) is 26.0. The summed E-state index contributed by atoms with van der Waals surface area (Å²) in [6.45, 7) is 1.75. The van der Waals surface area contributed by atoms with Crippen molar-refractivity contribution in [1.29, 1.82) is 0 Å². The van der Waals surface area contributed by atoms with E-state index >= 15 is 0 Å². The molecule has 2 aromatic rings. The van der Waals surface area contributed by atoms with Crippen molar-refractivity contribution >= 4 is 21.9 Å². The maximum absolute atomic E-state index is 13.1. The van der Waals surface area contributed by atoms with Gasteiger partial charge in [-0.2, -0.15) is 4.31 Å². The van der Waals surface area contributed by atoms with E-state index in [0.29, 0.717) is 32.5 Å². The van der Waals surface area contributed by atoms with Crippen LogP contribution in [0.5, 0.6) is 0 Å². The van der Waals surface area contributed by atoms with E-state index in [2.05, 4.69) is 0 Å². The molecule has 0 bridgehead atoms. The van der Waals surface area contributed by atoms with Crippen LogP contribution in [0.3, 0.4) is 0 Å². The third kappa shape index (κ3) is 3.73. The third-order valence-corrected chi connectivity index (χ3v) is 8.03. The largest absolute Gasteiger partial charge is 0.478 e. The fourth-order valence-corrected chi connectivity index (χ4v) is 5.88. The molecule has 1 N–H and O–H groups in total. The quantitative estimate of drug-likeness (QED) is 0.761. The lowest BCUT2D eigenvalue weighted by Crippen LogP contribution is -2.39. The molecule has 2 heterocycles. The lowest BCUT2D eigenvalue weighted by atomic mass is 9.86. The molecule has 1 spiro atoms. The number of carbonyl (C=O) groups is 2. The maximum atomic E-state index is 13.1. The van der Waals surface area contributed by atoms with Gasteiger partial charge in [-0.15, -0.1) is 0 Å². The van der Waals surface area contributed by atoms with E-state index < -0.39 is 21.4 Å². The van der Waals surface area contributed by atoms with E-state index in [9.17, 15) is 18.0 Å². The number of amides is 1. The molecule has 1 unspecified atom stereocenters. The van der Waals surface area contributed by atoms with Crippen molar-refractivity contribution < 1.29 is 23.1 Å². The number of carbonyl (C=O) groups excluding carboxylic acids is 1. The standard InChI is InChI=1S/C22H24N2O5S/c25-20(26)18-6-8-19(9-7-18)30(28,29)24-15-12-22(16-24)11-14-23(21(22)27)13-10-17-4-2-1-3-5-17/h1-9H,10-16H2,(H,25,26). The second-order valence-corrected chi connectivity index (χ2v) is 9.91. The third-order valence-electron chi connectivity index (χ3n) is 6.17. The highest BCUT2D eigenvalue weighted by molar-refractivity contribution is 7.89. The van der Waals surface area contributed by atoms with Crippen molar-refractivity contribution in [2.45, 2.75) is 24.2 Å². The van der Waals surface area contributed by atoms with Gasteiger partial charge in [-0.25, -0.2) is 13.2 Å². The molecule has 8 heteroatoms. The highest BCUT2D eigenvalue weighted by Crippen LogP contribution is 2.42. The molecule has 30 heavy (non-hydrogen) atoms. The number of rotatable bonds is 6. The van der Waals surface area contributed by atoms with E-state index in [-0.39, 0.29) is 22.9 Å². The average Bonchev–Trinajstić information content (AvgIpc) is 3.33. The average molecular weight is 429 g/mol. The number of aromatic carboxylic acids is 1. The van der Waals surface area contributed by atoms with Crippen molar-refractivity contribution in [3.63, 3.8) is 0 Å². The minimum atomic E-state index is -3.77. The molecule has 1 atom stereocenters. The Morgan fingerprint density at radius 2 is 1.67 bits per heavy atom. The lowest BCUT2D eigenvalue weighted by Gasteiger charge is -2.23. The molecule has 2 aromatic carbocycles. The van der Waals surface area contributed by atoms with Gasteiger partial charge in [0.05, 0.1) is 15.9 Å². The van der Waals surface area contributed by atoms with Crippen LogP contribution in [-0.2, 0) is 21.2 Å². The predicted octanol–water partition coefficient (Wildman–Crippen LogP) is 2.24. The Kier molecular flexibility index (Phi) is 5.38.